The van der Waals surface area contributed by atoms with E-state index in [4.69, 9.17) is 5.73 Å². The minimum absolute atomic E-state index is 0.165. The molecule has 2 rings (SSSR count). The van der Waals surface area contributed by atoms with Crippen molar-refractivity contribution < 1.29 is 0 Å². The van der Waals surface area contributed by atoms with E-state index in [-0.39, 0.29) is 6.04 Å². The molecule has 3 atom stereocenters. The molecule has 19 heavy (non-hydrogen) atoms. The zero-order valence-electron chi connectivity index (χ0n) is 12.3. The van der Waals surface area contributed by atoms with E-state index in [1.807, 2.05) is 0 Å². The van der Waals surface area contributed by atoms with Crippen LogP contribution >= 0.6 is 11.8 Å². The highest BCUT2D eigenvalue weighted by Crippen LogP contribution is 2.25. The van der Waals surface area contributed by atoms with Crippen LogP contribution in [-0.2, 0) is 0 Å². The molecule has 1 aromatic rings. The number of rotatable bonds is 4. The van der Waals surface area contributed by atoms with E-state index in [1.54, 1.807) is 0 Å². The lowest BCUT2D eigenvalue weighted by Gasteiger charge is -2.38. The number of benzene rings is 1. The molecule has 0 aromatic heterocycles. The molecule has 0 radical (unpaired) electrons. The predicted octanol–water partition coefficient (Wildman–Crippen LogP) is 3.21. The van der Waals surface area contributed by atoms with Gasteiger partial charge in [-0.2, -0.15) is 11.8 Å². The van der Waals surface area contributed by atoms with Crippen molar-refractivity contribution in [2.75, 3.05) is 18.8 Å². The van der Waals surface area contributed by atoms with Crippen molar-refractivity contribution in [1.82, 2.24) is 4.90 Å². The topological polar surface area (TPSA) is 29.3 Å². The van der Waals surface area contributed by atoms with Gasteiger partial charge in [-0.05, 0) is 25.8 Å². The van der Waals surface area contributed by atoms with Crippen LogP contribution in [0.15, 0.2) is 24.3 Å². The molecular formula is C16H26N2S. The van der Waals surface area contributed by atoms with E-state index >= 15 is 0 Å². The SMILES string of the molecule is Cc1ccc(C(N)CCN2CCSC(C)C2C)cc1. The number of hydrogen-bond acceptors (Lipinski definition) is 3. The van der Waals surface area contributed by atoms with Crippen LogP contribution in [0.4, 0.5) is 0 Å². The van der Waals surface area contributed by atoms with Gasteiger partial charge >= 0.3 is 0 Å². The Kier molecular flexibility index (Phi) is 5.31. The van der Waals surface area contributed by atoms with Crippen LogP contribution in [0.1, 0.15) is 37.4 Å². The van der Waals surface area contributed by atoms with Gasteiger partial charge in [0.2, 0.25) is 0 Å². The monoisotopic (exact) mass is 278 g/mol. The zero-order chi connectivity index (χ0) is 13.8. The van der Waals surface area contributed by atoms with E-state index in [9.17, 15) is 0 Å². The Morgan fingerprint density at radius 3 is 2.68 bits per heavy atom. The fourth-order valence-corrected chi connectivity index (χ4v) is 3.76. The molecule has 3 unspecified atom stereocenters. The van der Waals surface area contributed by atoms with E-state index in [1.165, 1.54) is 23.4 Å². The molecule has 2 N–H and O–H groups in total. The van der Waals surface area contributed by atoms with Gasteiger partial charge in [0, 0.05) is 36.2 Å². The highest BCUT2D eigenvalue weighted by Gasteiger charge is 2.25. The molecule has 2 nitrogen and oxygen atoms in total. The maximum Gasteiger partial charge on any atom is 0.0307 e. The van der Waals surface area contributed by atoms with Crippen molar-refractivity contribution in [3.63, 3.8) is 0 Å². The van der Waals surface area contributed by atoms with Crippen LogP contribution in [-0.4, -0.2) is 35.0 Å². The summed E-state index contributed by atoms with van der Waals surface area (Å²) in [5.74, 6) is 1.26. The van der Waals surface area contributed by atoms with E-state index in [2.05, 4.69) is 61.7 Å². The molecule has 0 amide bonds. The number of nitrogens with two attached hydrogens (primary N) is 1. The van der Waals surface area contributed by atoms with Crippen molar-refractivity contribution >= 4 is 11.8 Å². The van der Waals surface area contributed by atoms with Gasteiger partial charge in [-0.15, -0.1) is 0 Å². The Hall–Kier alpha value is -0.510. The van der Waals surface area contributed by atoms with Gasteiger partial charge in [0.15, 0.2) is 0 Å². The van der Waals surface area contributed by atoms with Crippen LogP contribution in [0.3, 0.4) is 0 Å². The average Bonchev–Trinajstić information content (AvgIpc) is 2.41. The van der Waals surface area contributed by atoms with Crippen LogP contribution < -0.4 is 5.73 Å². The second kappa shape index (κ2) is 6.78. The number of thioether (sulfide) groups is 1. The van der Waals surface area contributed by atoms with E-state index in [0.29, 0.717) is 6.04 Å². The lowest BCUT2D eigenvalue weighted by atomic mass is 10.0. The average molecular weight is 278 g/mol. The highest BCUT2D eigenvalue weighted by atomic mass is 32.2. The van der Waals surface area contributed by atoms with Gasteiger partial charge in [-0.3, -0.25) is 4.90 Å². The minimum atomic E-state index is 0.165. The fourth-order valence-electron chi connectivity index (χ4n) is 2.60. The Morgan fingerprint density at radius 2 is 2.00 bits per heavy atom. The van der Waals surface area contributed by atoms with Crippen molar-refractivity contribution in [2.45, 2.75) is 44.5 Å². The zero-order valence-corrected chi connectivity index (χ0v) is 13.1. The normalized spacial score (nSPS) is 26.3. The summed E-state index contributed by atoms with van der Waals surface area (Å²) in [5, 5.41) is 0.740. The lowest BCUT2D eigenvalue weighted by molar-refractivity contribution is 0.206. The molecule has 0 spiro atoms. The van der Waals surface area contributed by atoms with Crippen molar-refractivity contribution in [2.24, 2.45) is 5.73 Å². The lowest BCUT2D eigenvalue weighted by Crippen LogP contribution is -2.45. The number of hydrogen-bond donors (Lipinski definition) is 1. The summed E-state index contributed by atoms with van der Waals surface area (Å²) in [5.41, 5.74) is 8.87. The maximum absolute atomic E-state index is 6.31. The first kappa shape index (κ1) is 14.9. The third kappa shape index (κ3) is 3.98. The van der Waals surface area contributed by atoms with Gasteiger partial charge in [0.25, 0.3) is 0 Å². The molecule has 0 saturated carbocycles. The molecular weight excluding hydrogens is 252 g/mol. The summed E-state index contributed by atoms with van der Waals surface area (Å²) >= 11 is 2.09. The van der Waals surface area contributed by atoms with Gasteiger partial charge in [-0.1, -0.05) is 36.8 Å². The first-order valence-corrected chi connectivity index (χ1v) is 8.30. The Balaban J connectivity index is 1.86. The van der Waals surface area contributed by atoms with Crippen LogP contribution in [0, 0.1) is 6.92 Å². The summed E-state index contributed by atoms with van der Waals surface area (Å²) in [6, 6.07) is 9.46. The van der Waals surface area contributed by atoms with Crippen molar-refractivity contribution in [1.29, 1.82) is 0 Å². The van der Waals surface area contributed by atoms with Crippen molar-refractivity contribution in [3.05, 3.63) is 35.4 Å². The molecule has 0 bridgehead atoms. The molecule has 1 aliphatic rings. The third-order valence-corrected chi connectivity index (χ3v) is 5.59. The van der Waals surface area contributed by atoms with Crippen LogP contribution in [0.5, 0.6) is 0 Å². The molecule has 3 heteroatoms. The van der Waals surface area contributed by atoms with E-state index < -0.39 is 0 Å². The quantitative estimate of drug-likeness (QED) is 0.917. The Bertz CT molecular complexity index is 390. The van der Waals surface area contributed by atoms with E-state index in [0.717, 1.165) is 18.2 Å². The molecule has 106 valence electrons. The molecule has 1 aromatic carbocycles. The van der Waals surface area contributed by atoms with Crippen LogP contribution in [0.2, 0.25) is 0 Å². The first-order chi connectivity index (χ1) is 9.08. The van der Waals surface area contributed by atoms with Gasteiger partial charge in [-0.25, -0.2) is 0 Å². The summed E-state index contributed by atoms with van der Waals surface area (Å²) in [7, 11) is 0. The number of aryl methyl sites for hydroxylation is 1. The van der Waals surface area contributed by atoms with Gasteiger partial charge in [0.05, 0.1) is 0 Å². The minimum Gasteiger partial charge on any atom is -0.324 e. The van der Waals surface area contributed by atoms with Crippen molar-refractivity contribution in [3.8, 4) is 0 Å². The van der Waals surface area contributed by atoms with Crippen LogP contribution in [0.25, 0.3) is 0 Å². The molecule has 1 heterocycles. The summed E-state index contributed by atoms with van der Waals surface area (Å²) in [6.07, 6.45) is 1.05. The molecule has 1 fully saturated rings. The highest BCUT2D eigenvalue weighted by molar-refractivity contribution is 8.00. The largest absolute Gasteiger partial charge is 0.324 e. The molecule has 1 aliphatic heterocycles. The Labute approximate surface area is 121 Å². The first-order valence-electron chi connectivity index (χ1n) is 7.25. The van der Waals surface area contributed by atoms with Gasteiger partial charge in [0.1, 0.15) is 0 Å². The predicted molar refractivity (Wildman–Crippen MR) is 85.7 cm³/mol. The maximum atomic E-state index is 6.31. The third-order valence-electron chi connectivity index (χ3n) is 4.25. The summed E-state index contributed by atoms with van der Waals surface area (Å²) in [4.78, 5) is 2.59. The second-order valence-corrected chi connectivity index (χ2v) is 7.14. The Morgan fingerprint density at radius 1 is 1.32 bits per heavy atom. The summed E-state index contributed by atoms with van der Waals surface area (Å²) in [6.45, 7) is 9.11. The fraction of sp³-hybridized carbons (Fsp3) is 0.625. The number of nitrogens with zero attached hydrogens (tertiary/aromatic N) is 1. The van der Waals surface area contributed by atoms with Gasteiger partial charge < -0.3 is 5.73 Å². The second-order valence-electron chi connectivity index (χ2n) is 5.66. The molecule has 1 saturated heterocycles. The summed E-state index contributed by atoms with van der Waals surface area (Å²) < 4.78 is 0. The molecule has 0 aliphatic carbocycles. The smallest absolute Gasteiger partial charge is 0.0307 e. The standard InChI is InChI=1S/C16H26N2S/c1-12-4-6-15(7-5-12)16(17)8-9-18-10-11-19-14(3)13(18)2/h4-7,13-14,16H,8-11,17H2,1-3H3.